The summed E-state index contributed by atoms with van der Waals surface area (Å²) in [6.07, 6.45) is 1.19. The number of likely N-dealkylation sites (tertiary alicyclic amines) is 1. The van der Waals surface area contributed by atoms with E-state index in [1.165, 1.54) is 9.58 Å². The van der Waals surface area contributed by atoms with Gasteiger partial charge < -0.3 is 9.47 Å². The Morgan fingerprint density at radius 1 is 1.16 bits per heavy atom. The lowest BCUT2D eigenvalue weighted by atomic mass is 10.1. The van der Waals surface area contributed by atoms with Gasteiger partial charge in [0, 0.05) is 24.1 Å². The van der Waals surface area contributed by atoms with E-state index in [4.69, 9.17) is 21.1 Å². The summed E-state index contributed by atoms with van der Waals surface area (Å²) >= 11 is 6.19. The number of fused-ring (bicyclic) bond motifs is 1. The summed E-state index contributed by atoms with van der Waals surface area (Å²) in [6.45, 7) is 5.89. The van der Waals surface area contributed by atoms with Gasteiger partial charge in [0.05, 0.1) is 10.9 Å². The van der Waals surface area contributed by atoms with E-state index in [-0.39, 0.29) is 11.6 Å². The minimum atomic E-state index is -0.643. The number of piperidine rings is 1. The van der Waals surface area contributed by atoms with Crippen molar-refractivity contribution in [1.82, 2.24) is 14.7 Å². The number of ether oxygens (including phenoxy) is 2. The summed E-state index contributed by atoms with van der Waals surface area (Å²) in [4.78, 5) is 14.3. The van der Waals surface area contributed by atoms with Crippen LogP contribution < -0.4 is 4.74 Å². The Kier molecular flexibility index (Phi) is 5.99. The van der Waals surface area contributed by atoms with Crippen LogP contribution in [-0.4, -0.2) is 39.1 Å². The molecule has 0 bridgehead atoms. The van der Waals surface area contributed by atoms with Gasteiger partial charge in [-0.3, -0.25) is 4.90 Å². The van der Waals surface area contributed by atoms with Gasteiger partial charge in [-0.1, -0.05) is 11.6 Å². The van der Waals surface area contributed by atoms with Crippen molar-refractivity contribution in [2.24, 2.45) is 0 Å². The van der Waals surface area contributed by atoms with Gasteiger partial charge in [0.2, 0.25) is 5.88 Å². The van der Waals surface area contributed by atoms with Crippen molar-refractivity contribution in [3.63, 3.8) is 0 Å². The van der Waals surface area contributed by atoms with Gasteiger partial charge >= 0.3 is 6.09 Å². The van der Waals surface area contributed by atoms with Gasteiger partial charge in [-0.2, -0.15) is 0 Å². The molecular weight excluding hydrogens is 440 g/mol. The predicted octanol–water partition coefficient (Wildman–Crippen LogP) is 6.08. The van der Waals surface area contributed by atoms with Crippen LogP contribution in [0.3, 0.4) is 0 Å². The van der Waals surface area contributed by atoms with Crippen LogP contribution in [0.25, 0.3) is 16.6 Å². The van der Waals surface area contributed by atoms with Crippen molar-refractivity contribution in [3.8, 4) is 11.6 Å². The molecule has 4 rings (SSSR count). The fourth-order valence-corrected chi connectivity index (χ4v) is 3.84. The standard InChI is InChI=1S/C23H24ClF2N3O3/c1-23(2,3)32-22(30)28-11-5-4-6-20(28)31-21-16-12-14(24)7-10-18(16)29(27-21)19-13-15(25)8-9-17(19)26/h7-10,12-13,20H,4-6,11H2,1-3H3. The zero-order valence-corrected chi connectivity index (χ0v) is 18.8. The molecule has 2 aromatic carbocycles. The first-order valence-corrected chi connectivity index (χ1v) is 10.8. The third-order valence-corrected chi connectivity index (χ3v) is 5.30. The number of hydrogen-bond acceptors (Lipinski definition) is 4. The minimum absolute atomic E-state index is 0.0557. The molecule has 0 spiro atoms. The second-order valence-electron chi connectivity index (χ2n) is 8.72. The van der Waals surface area contributed by atoms with Crippen LogP contribution >= 0.6 is 11.6 Å². The van der Waals surface area contributed by atoms with Gasteiger partial charge in [0.1, 0.15) is 22.9 Å². The third kappa shape index (κ3) is 4.65. The Bertz CT molecular complexity index is 1160. The zero-order valence-electron chi connectivity index (χ0n) is 18.1. The first-order valence-electron chi connectivity index (χ1n) is 10.4. The summed E-state index contributed by atoms with van der Waals surface area (Å²) in [5.41, 5.74) is -0.205. The van der Waals surface area contributed by atoms with Crippen molar-refractivity contribution in [1.29, 1.82) is 0 Å². The minimum Gasteiger partial charge on any atom is -0.452 e. The van der Waals surface area contributed by atoms with Gasteiger partial charge in [-0.15, -0.1) is 5.10 Å². The van der Waals surface area contributed by atoms with Crippen molar-refractivity contribution in [3.05, 3.63) is 53.1 Å². The third-order valence-electron chi connectivity index (χ3n) is 5.07. The predicted molar refractivity (Wildman–Crippen MR) is 117 cm³/mol. The Morgan fingerprint density at radius 2 is 1.94 bits per heavy atom. The zero-order chi connectivity index (χ0) is 23.0. The second kappa shape index (κ2) is 8.58. The smallest absolute Gasteiger partial charge is 0.413 e. The molecule has 1 aliphatic rings. The van der Waals surface area contributed by atoms with Crippen LogP contribution in [0.4, 0.5) is 13.6 Å². The molecule has 1 fully saturated rings. The Hall–Kier alpha value is -2.87. The summed E-state index contributed by atoms with van der Waals surface area (Å²) in [5.74, 6) is -1.05. The van der Waals surface area contributed by atoms with E-state index in [1.807, 2.05) is 0 Å². The van der Waals surface area contributed by atoms with Crippen LogP contribution in [0.5, 0.6) is 5.88 Å². The number of benzene rings is 2. The molecule has 1 aromatic heterocycles. The van der Waals surface area contributed by atoms with Crippen molar-refractivity contribution in [2.45, 2.75) is 51.9 Å². The Morgan fingerprint density at radius 3 is 2.69 bits per heavy atom. The van der Waals surface area contributed by atoms with E-state index in [9.17, 15) is 13.6 Å². The van der Waals surface area contributed by atoms with Gasteiger partial charge in [0.25, 0.3) is 0 Å². The first-order chi connectivity index (χ1) is 15.1. The Balaban J connectivity index is 1.73. The molecule has 1 amide bonds. The summed E-state index contributed by atoms with van der Waals surface area (Å²) in [6, 6.07) is 8.09. The average Bonchev–Trinajstić information content (AvgIpc) is 3.06. The molecule has 0 aliphatic carbocycles. The van der Waals surface area contributed by atoms with E-state index in [0.717, 1.165) is 31.0 Å². The number of aromatic nitrogens is 2. The van der Waals surface area contributed by atoms with E-state index in [0.29, 0.717) is 28.9 Å². The van der Waals surface area contributed by atoms with Crippen LogP contribution in [0.15, 0.2) is 36.4 Å². The normalized spacial score (nSPS) is 16.9. The van der Waals surface area contributed by atoms with Crippen LogP contribution in [0.2, 0.25) is 5.02 Å². The largest absolute Gasteiger partial charge is 0.452 e. The molecule has 3 aromatic rings. The fraction of sp³-hybridized carbons (Fsp3) is 0.391. The molecule has 1 saturated heterocycles. The number of amides is 1. The molecule has 0 saturated carbocycles. The van der Waals surface area contributed by atoms with E-state index >= 15 is 0 Å². The van der Waals surface area contributed by atoms with E-state index in [2.05, 4.69) is 5.10 Å². The van der Waals surface area contributed by atoms with Crippen LogP contribution in [0, 0.1) is 11.6 Å². The number of carbonyl (C=O) groups excluding carboxylic acids is 1. The lowest BCUT2D eigenvalue weighted by Gasteiger charge is -2.36. The molecule has 1 aliphatic heterocycles. The molecule has 0 radical (unpaired) electrons. The molecule has 9 heteroatoms. The highest BCUT2D eigenvalue weighted by atomic mass is 35.5. The topological polar surface area (TPSA) is 56.6 Å². The molecule has 6 nitrogen and oxygen atoms in total. The number of carbonyl (C=O) groups is 1. The van der Waals surface area contributed by atoms with Crippen LogP contribution in [-0.2, 0) is 4.74 Å². The number of halogens is 3. The highest BCUT2D eigenvalue weighted by molar-refractivity contribution is 6.31. The number of nitrogens with zero attached hydrogens (tertiary/aromatic N) is 3. The number of hydrogen-bond donors (Lipinski definition) is 0. The highest BCUT2D eigenvalue weighted by Gasteiger charge is 2.33. The first kappa shape index (κ1) is 22.3. The highest BCUT2D eigenvalue weighted by Crippen LogP contribution is 2.33. The van der Waals surface area contributed by atoms with Crippen molar-refractivity contribution < 1.29 is 23.0 Å². The molecule has 0 N–H and O–H groups in total. The maximum Gasteiger partial charge on any atom is 0.413 e. The Labute approximate surface area is 189 Å². The molecule has 170 valence electrons. The molecule has 32 heavy (non-hydrogen) atoms. The van der Waals surface area contributed by atoms with Gasteiger partial charge in [0.15, 0.2) is 6.23 Å². The molecule has 1 atom stereocenters. The van der Waals surface area contributed by atoms with Gasteiger partial charge in [-0.25, -0.2) is 18.3 Å². The maximum absolute atomic E-state index is 14.5. The average molecular weight is 464 g/mol. The summed E-state index contributed by atoms with van der Waals surface area (Å²) in [5, 5.41) is 5.38. The second-order valence-corrected chi connectivity index (χ2v) is 9.15. The lowest BCUT2D eigenvalue weighted by molar-refractivity contribution is -0.0352. The van der Waals surface area contributed by atoms with Crippen molar-refractivity contribution >= 4 is 28.6 Å². The molecular formula is C23H24ClF2N3O3. The molecule has 1 unspecified atom stereocenters. The lowest BCUT2D eigenvalue weighted by Crippen LogP contribution is -2.48. The SMILES string of the molecule is CC(C)(C)OC(=O)N1CCCCC1Oc1nn(-c2cc(F)ccc2F)c2ccc(Cl)cc12. The van der Waals surface area contributed by atoms with E-state index < -0.39 is 29.6 Å². The van der Waals surface area contributed by atoms with Gasteiger partial charge in [-0.05, 0) is 63.9 Å². The maximum atomic E-state index is 14.5. The number of rotatable bonds is 3. The van der Waals surface area contributed by atoms with Crippen LogP contribution in [0.1, 0.15) is 40.0 Å². The van der Waals surface area contributed by atoms with Crippen molar-refractivity contribution in [2.75, 3.05) is 6.54 Å². The monoisotopic (exact) mass is 463 g/mol. The summed E-state index contributed by atoms with van der Waals surface area (Å²) < 4.78 is 41.3. The summed E-state index contributed by atoms with van der Waals surface area (Å²) in [7, 11) is 0. The quantitative estimate of drug-likeness (QED) is 0.472. The fourth-order valence-electron chi connectivity index (χ4n) is 3.66. The molecule has 2 heterocycles. The van der Waals surface area contributed by atoms with E-state index in [1.54, 1.807) is 39.0 Å².